The zero-order valence-electron chi connectivity index (χ0n) is 12.5. The summed E-state index contributed by atoms with van der Waals surface area (Å²) in [6, 6.07) is 5.48. The second kappa shape index (κ2) is 5.87. The van der Waals surface area contributed by atoms with Crippen molar-refractivity contribution in [2.45, 2.75) is 11.3 Å². The van der Waals surface area contributed by atoms with Gasteiger partial charge in [-0.25, -0.2) is 13.2 Å². The van der Waals surface area contributed by atoms with Gasteiger partial charge in [-0.1, -0.05) is 6.07 Å². The molecule has 0 saturated carbocycles. The summed E-state index contributed by atoms with van der Waals surface area (Å²) in [5, 5.41) is 12.4. The normalized spacial score (nSPS) is 13.6. The van der Waals surface area contributed by atoms with E-state index in [0.29, 0.717) is 12.0 Å². The average molecular weight is 368 g/mol. The number of esters is 1. The Labute approximate surface area is 141 Å². The third kappa shape index (κ3) is 2.53. The highest BCUT2D eigenvalue weighted by Gasteiger charge is 2.35. The molecule has 1 aliphatic heterocycles. The molecule has 1 aliphatic rings. The molecule has 8 nitrogen and oxygen atoms in total. The summed E-state index contributed by atoms with van der Waals surface area (Å²) in [5.74, 6) is -0.734. The van der Waals surface area contributed by atoms with Crippen molar-refractivity contribution in [2.75, 3.05) is 18.0 Å². The number of thiophene rings is 1. The molecule has 0 aliphatic carbocycles. The number of non-ortho nitro benzene ring substituents is 1. The number of nitro groups is 1. The fourth-order valence-corrected chi connectivity index (χ4v) is 5.37. The van der Waals surface area contributed by atoms with Crippen molar-refractivity contribution >= 4 is 38.7 Å². The number of nitrogens with zero attached hydrogens (tertiary/aromatic N) is 2. The van der Waals surface area contributed by atoms with E-state index in [2.05, 4.69) is 4.74 Å². The van der Waals surface area contributed by atoms with Crippen molar-refractivity contribution in [2.24, 2.45) is 0 Å². The van der Waals surface area contributed by atoms with Gasteiger partial charge in [-0.05, 0) is 23.4 Å². The summed E-state index contributed by atoms with van der Waals surface area (Å²) in [6.07, 6.45) is 0.449. The molecule has 3 rings (SSSR count). The molecule has 1 aromatic carbocycles. The molecule has 1 aromatic heterocycles. The van der Waals surface area contributed by atoms with Crippen molar-refractivity contribution in [1.82, 2.24) is 0 Å². The van der Waals surface area contributed by atoms with Crippen LogP contribution < -0.4 is 4.31 Å². The van der Waals surface area contributed by atoms with Crippen LogP contribution in [0, 0.1) is 10.1 Å². The summed E-state index contributed by atoms with van der Waals surface area (Å²) < 4.78 is 31.6. The molecule has 0 bridgehead atoms. The smallest absolute Gasteiger partial charge is 0.349 e. The van der Waals surface area contributed by atoms with E-state index >= 15 is 0 Å². The minimum Gasteiger partial charge on any atom is -0.465 e. The number of anilines is 1. The van der Waals surface area contributed by atoms with Crippen molar-refractivity contribution in [3.63, 3.8) is 0 Å². The number of sulfonamides is 1. The molecule has 0 amide bonds. The number of ether oxygens (including phenoxy) is 1. The predicted molar refractivity (Wildman–Crippen MR) is 87.0 cm³/mol. The molecule has 0 N–H and O–H groups in total. The summed E-state index contributed by atoms with van der Waals surface area (Å²) in [6.45, 7) is 0.162. The fraction of sp³-hybridized carbons (Fsp3) is 0.214. The van der Waals surface area contributed by atoms with Gasteiger partial charge in [0.15, 0.2) is 0 Å². The number of carbonyl (C=O) groups is 1. The number of rotatable bonds is 4. The highest BCUT2D eigenvalue weighted by atomic mass is 32.2. The van der Waals surface area contributed by atoms with E-state index in [4.69, 9.17) is 0 Å². The van der Waals surface area contributed by atoms with Crippen LogP contribution in [0.25, 0.3) is 0 Å². The van der Waals surface area contributed by atoms with Gasteiger partial charge in [0.1, 0.15) is 9.77 Å². The molecule has 24 heavy (non-hydrogen) atoms. The van der Waals surface area contributed by atoms with Crippen molar-refractivity contribution in [1.29, 1.82) is 0 Å². The first-order valence-corrected chi connectivity index (χ1v) is 9.14. The van der Waals surface area contributed by atoms with E-state index in [0.717, 1.165) is 15.6 Å². The van der Waals surface area contributed by atoms with Gasteiger partial charge < -0.3 is 4.74 Å². The molecule has 0 saturated heterocycles. The Kier molecular flexibility index (Phi) is 4.01. The minimum atomic E-state index is -4.02. The van der Waals surface area contributed by atoms with E-state index in [-0.39, 0.29) is 27.7 Å². The molecule has 0 fully saturated rings. The van der Waals surface area contributed by atoms with Gasteiger partial charge in [0, 0.05) is 18.7 Å². The van der Waals surface area contributed by atoms with E-state index in [1.165, 1.54) is 30.7 Å². The third-order valence-electron chi connectivity index (χ3n) is 3.70. The largest absolute Gasteiger partial charge is 0.465 e. The summed E-state index contributed by atoms with van der Waals surface area (Å²) in [5.41, 5.74) is 0.791. The van der Waals surface area contributed by atoms with E-state index in [9.17, 15) is 23.3 Å². The second-order valence-electron chi connectivity index (χ2n) is 5.00. The number of methoxy groups -OCH3 is 1. The summed E-state index contributed by atoms with van der Waals surface area (Å²) in [4.78, 5) is 22.0. The highest BCUT2D eigenvalue weighted by molar-refractivity contribution is 7.93. The van der Waals surface area contributed by atoms with Gasteiger partial charge in [0.2, 0.25) is 0 Å². The number of fused-ring (bicyclic) bond motifs is 1. The lowest BCUT2D eigenvalue weighted by Crippen LogP contribution is -2.30. The topological polar surface area (TPSA) is 107 Å². The first kappa shape index (κ1) is 16.4. The van der Waals surface area contributed by atoms with Crippen molar-refractivity contribution in [3.8, 4) is 0 Å². The molecule has 10 heteroatoms. The molecule has 126 valence electrons. The molecule has 2 heterocycles. The van der Waals surface area contributed by atoms with Crippen LogP contribution in [0.4, 0.5) is 11.4 Å². The number of carbonyl (C=O) groups excluding carboxylic acids is 1. The Morgan fingerprint density at radius 2 is 2.12 bits per heavy atom. The second-order valence-corrected chi connectivity index (χ2v) is 7.75. The van der Waals surface area contributed by atoms with Gasteiger partial charge >= 0.3 is 5.97 Å². The molecule has 0 unspecified atom stereocenters. The molecule has 0 radical (unpaired) electrons. The average Bonchev–Trinajstić information content (AvgIpc) is 3.20. The molecular weight excluding hydrogens is 356 g/mol. The van der Waals surface area contributed by atoms with Crippen LogP contribution in [0.2, 0.25) is 0 Å². The van der Waals surface area contributed by atoms with E-state index < -0.39 is 20.9 Å². The third-order valence-corrected chi connectivity index (χ3v) is 6.58. The zero-order chi connectivity index (χ0) is 17.5. The van der Waals surface area contributed by atoms with E-state index in [1.807, 2.05) is 0 Å². The first-order valence-electron chi connectivity index (χ1n) is 6.82. The van der Waals surface area contributed by atoms with Crippen LogP contribution >= 0.6 is 11.3 Å². The maximum absolute atomic E-state index is 12.9. The summed E-state index contributed by atoms with van der Waals surface area (Å²) >= 11 is 0.969. The van der Waals surface area contributed by atoms with Gasteiger partial charge in [0.05, 0.1) is 17.7 Å². The number of benzene rings is 1. The predicted octanol–water partition coefficient (Wildman–Crippen LogP) is 2.19. The van der Waals surface area contributed by atoms with Crippen LogP contribution in [-0.2, 0) is 21.2 Å². The van der Waals surface area contributed by atoms with E-state index in [1.54, 1.807) is 6.07 Å². The van der Waals surface area contributed by atoms with Crippen LogP contribution in [0.1, 0.15) is 15.2 Å². The SMILES string of the molecule is COC(=O)c1sccc1S(=O)(=O)N1CCc2ccc([N+](=O)[O-])cc21. The first-order chi connectivity index (χ1) is 11.4. The number of hydrogen-bond acceptors (Lipinski definition) is 7. The lowest BCUT2D eigenvalue weighted by Gasteiger charge is -2.19. The van der Waals surface area contributed by atoms with Crippen molar-refractivity contribution in [3.05, 3.63) is 50.2 Å². The Balaban J connectivity index is 2.09. The Morgan fingerprint density at radius 1 is 1.38 bits per heavy atom. The van der Waals surface area contributed by atoms with Crippen LogP contribution in [-0.4, -0.2) is 33.0 Å². The van der Waals surface area contributed by atoms with Crippen LogP contribution in [0.3, 0.4) is 0 Å². The molecule has 2 aromatic rings. The maximum Gasteiger partial charge on any atom is 0.349 e. The van der Waals surface area contributed by atoms with Gasteiger partial charge in [-0.3, -0.25) is 14.4 Å². The van der Waals surface area contributed by atoms with Gasteiger partial charge in [-0.2, -0.15) is 0 Å². The maximum atomic E-state index is 12.9. The Bertz CT molecular complexity index is 934. The molecule has 0 atom stereocenters. The fourth-order valence-electron chi connectivity index (χ4n) is 2.56. The Morgan fingerprint density at radius 3 is 2.79 bits per heavy atom. The monoisotopic (exact) mass is 368 g/mol. The lowest BCUT2D eigenvalue weighted by molar-refractivity contribution is -0.384. The van der Waals surface area contributed by atoms with Gasteiger partial charge in [0.25, 0.3) is 15.7 Å². The number of hydrogen-bond donors (Lipinski definition) is 0. The minimum absolute atomic E-state index is 0.0172. The summed E-state index contributed by atoms with van der Waals surface area (Å²) in [7, 11) is -2.84. The van der Waals surface area contributed by atoms with Crippen LogP contribution in [0.5, 0.6) is 0 Å². The van der Waals surface area contributed by atoms with Crippen LogP contribution in [0.15, 0.2) is 34.5 Å². The number of nitro benzene ring substituents is 1. The van der Waals surface area contributed by atoms with Crippen molar-refractivity contribution < 1.29 is 22.9 Å². The Hall–Kier alpha value is -2.46. The highest BCUT2D eigenvalue weighted by Crippen LogP contribution is 2.37. The zero-order valence-corrected chi connectivity index (χ0v) is 14.1. The lowest BCUT2D eigenvalue weighted by atomic mass is 10.1. The quantitative estimate of drug-likeness (QED) is 0.465. The molecule has 0 spiro atoms. The van der Waals surface area contributed by atoms with Gasteiger partial charge in [-0.15, -0.1) is 11.3 Å². The standard InChI is InChI=1S/C14H12N2O6S2/c1-22-14(17)13-12(5-7-23-13)24(20,21)15-6-4-9-2-3-10(16(18)19)8-11(9)15/h2-3,5,7-8H,4,6H2,1H3. The molecular formula is C14H12N2O6S2.